The van der Waals surface area contributed by atoms with Gasteiger partial charge in [0.1, 0.15) is 23.1 Å². The lowest BCUT2D eigenvalue weighted by Gasteiger charge is -2.13. The molecule has 3 N–H and O–H groups in total. The van der Waals surface area contributed by atoms with Crippen LogP contribution in [0.5, 0.6) is 5.75 Å². The van der Waals surface area contributed by atoms with E-state index in [-0.39, 0.29) is 62.2 Å². The largest absolute Gasteiger partial charge is 0.494 e. The fraction of sp³-hybridized carbons (Fsp3) is 0.524. The van der Waals surface area contributed by atoms with Gasteiger partial charge in [-0.1, -0.05) is 12.1 Å². The van der Waals surface area contributed by atoms with E-state index in [1.807, 2.05) is 6.92 Å². The van der Waals surface area contributed by atoms with Crippen LogP contribution in [0.2, 0.25) is 0 Å². The smallest absolute Gasteiger partial charge is 0.417 e. The van der Waals surface area contributed by atoms with Crippen LogP contribution >= 0.6 is 0 Å². The van der Waals surface area contributed by atoms with Crippen LogP contribution in [0.3, 0.4) is 0 Å². The van der Waals surface area contributed by atoms with Crippen molar-refractivity contribution in [3.8, 4) is 17.0 Å². The quantitative estimate of drug-likeness (QED) is 0.416. The Morgan fingerprint density at radius 2 is 1.88 bits per heavy atom. The average molecular weight is 460 g/mol. The topological polar surface area (TPSA) is 117 Å². The van der Waals surface area contributed by atoms with E-state index in [1.165, 1.54) is 18.2 Å². The van der Waals surface area contributed by atoms with Gasteiger partial charge in [0, 0.05) is 18.2 Å². The summed E-state index contributed by atoms with van der Waals surface area (Å²) < 4.78 is 61.7. The highest BCUT2D eigenvalue weighted by molar-refractivity contribution is 5.81. The molecule has 0 fully saturated rings. The van der Waals surface area contributed by atoms with E-state index in [2.05, 4.69) is 5.16 Å². The maximum Gasteiger partial charge on any atom is 0.417 e. The predicted molar refractivity (Wildman–Crippen MR) is 108 cm³/mol. The molecule has 0 aliphatic heterocycles. The molecule has 178 valence electrons. The number of carbonyl (C=O) groups excluding carboxylic acids is 1. The molecular weight excluding hydrogens is 433 g/mol. The van der Waals surface area contributed by atoms with Crippen molar-refractivity contribution >= 4 is 5.91 Å². The number of alkyl halides is 3. The molecule has 0 aliphatic rings. The Morgan fingerprint density at radius 3 is 2.50 bits per heavy atom. The number of hydrogen-bond acceptors (Lipinski definition) is 7. The van der Waals surface area contributed by atoms with Crippen LogP contribution < -0.4 is 10.5 Å². The second kappa shape index (κ2) is 12.4. The van der Waals surface area contributed by atoms with Gasteiger partial charge in [-0.2, -0.15) is 13.2 Å². The Balaban J connectivity index is 2.14. The molecule has 0 spiro atoms. The Hall–Kier alpha value is -2.63. The monoisotopic (exact) mass is 460 g/mol. The molecule has 2 aromatic rings. The Kier molecular flexibility index (Phi) is 9.95. The minimum atomic E-state index is -4.64. The number of ether oxygens (including phenoxy) is 3. The third-order valence-electron chi connectivity index (χ3n) is 4.42. The van der Waals surface area contributed by atoms with Crippen molar-refractivity contribution in [1.29, 1.82) is 0 Å². The van der Waals surface area contributed by atoms with Gasteiger partial charge >= 0.3 is 6.18 Å². The molecule has 1 unspecified atom stereocenters. The van der Waals surface area contributed by atoms with Gasteiger partial charge in [0.2, 0.25) is 5.91 Å². The van der Waals surface area contributed by atoms with Gasteiger partial charge in [-0.15, -0.1) is 0 Å². The summed E-state index contributed by atoms with van der Waals surface area (Å²) in [6.07, 6.45) is -3.83. The van der Waals surface area contributed by atoms with Gasteiger partial charge in [-0.05, 0) is 31.0 Å². The van der Waals surface area contributed by atoms with E-state index in [9.17, 15) is 18.0 Å². The van der Waals surface area contributed by atoms with Crippen molar-refractivity contribution in [1.82, 2.24) is 5.16 Å². The fourth-order valence-corrected chi connectivity index (χ4v) is 2.88. The highest BCUT2D eigenvalue weighted by Gasteiger charge is 2.35. The molecule has 1 amide bonds. The number of benzene rings is 1. The second-order valence-corrected chi connectivity index (χ2v) is 6.86. The first-order valence-corrected chi connectivity index (χ1v) is 10.1. The number of primary amides is 1. The number of amides is 1. The first-order valence-electron chi connectivity index (χ1n) is 10.1. The lowest BCUT2D eigenvalue weighted by molar-refractivity contribution is -0.137. The van der Waals surface area contributed by atoms with Gasteiger partial charge in [-0.3, -0.25) is 4.79 Å². The maximum atomic E-state index is 13.6. The van der Waals surface area contributed by atoms with Crippen LogP contribution in [0.4, 0.5) is 13.2 Å². The first-order chi connectivity index (χ1) is 15.3. The van der Waals surface area contributed by atoms with Crippen LogP contribution in [0.1, 0.15) is 37.0 Å². The number of aliphatic hydroxyl groups excluding tert-OH is 1. The van der Waals surface area contributed by atoms with Crippen LogP contribution in [-0.2, 0) is 20.4 Å². The van der Waals surface area contributed by atoms with Crippen molar-refractivity contribution in [3.63, 3.8) is 0 Å². The average Bonchev–Trinajstić information content (AvgIpc) is 3.22. The third-order valence-corrected chi connectivity index (χ3v) is 4.42. The molecule has 0 saturated heterocycles. The normalized spacial score (nSPS) is 12.7. The van der Waals surface area contributed by atoms with E-state index < -0.39 is 23.6 Å². The van der Waals surface area contributed by atoms with Crippen LogP contribution in [0, 0.1) is 0 Å². The summed E-state index contributed by atoms with van der Waals surface area (Å²) in [6, 6.07) is 4.87. The molecule has 1 aromatic carbocycles. The van der Waals surface area contributed by atoms with Crippen LogP contribution in [0.25, 0.3) is 11.3 Å². The number of carbonyl (C=O) groups is 1. The van der Waals surface area contributed by atoms with Crippen molar-refractivity contribution in [2.45, 2.75) is 31.9 Å². The Bertz CT molecular complexity index is 856. The SMILES string of the molecule is CCCOc1ccc(-c2cc(C(CCOCCOCCO)C(N)=O)on2)c(C(F)(F)F)c1. The van der Waals surface area contributed by atoms with Gasteiger partial charge < -0.3 is 29.6 Å². The number of nitrogens with zero attached hydrogens (tertiary/aromatic N) is 1. The Morgan fingerprint density at radius 1 is 1.16 bits per heavy atom. The molecule has 0 radical (unpaired) electrons. The van der Waals surface area contributed by atoms with E-state index >= 15 is 0 Å². The number of aliphatic hydroxyl groups is 1. The molecule has 1 aromatic heterocycles. The van der Waals surface area contributed by atoms with Gasteiger partial charge in [-0.25, -0.2) is 0 Å². The molecule has 32 heavy (non-hydrogen) atoms. The number of hydrogen-bond donors (Lipinski definition) is 2. The zero-order valence-electron chi connectivity index (χ0n) is 17.7. The van der Waals surface area contributed by atoms with Crippen molar-refractivity contribution < 1.29 is 41.8 Å². The third kappa shape index (κ3) is 7.50. The molecule has 1 atom stereocenters. The predicted octanol–water partition coefficient (Wildman–Crippen LogP) is 3.13. The summed E-state index contributed by atoms with van der Waals surface area (Å²) in [5.74, 6) is -1.49. The minimum Gasteiger partial charge on any atom is -0.494 e. The molecular formula is C21H27F3N2O6. The Labute approximate surface area is 183 Å². The van der Waals surface area contributed by atoms with Crippen molar-refractivity contribution in [3.05, 3.63) is 35.6 Å². The number of nitrogens with two attached hydrogens (primary N) is 1. The maximum absolute atomic E-state index is 13.6. The molecule has 1 heterocycles. The van der Waals surface area contributed by atoms with E-state index in [1.54, 1.807) is 0 Å². The van der Waals surface area contributed by atoms with Crippen molar-refractivity contribution in [2.75, 3.05) is 39.6 Å². The molecule has 11 heteroatoms. The molecule has 2 rings (SSSR count). The zero-order chi connectivity index (χ0) is 23.6. The highest BCUT2D eigenvalue weighted by atomic mass is 19.4. The molecule has 0 bridgehead atoms. The standard InChI is InChI=1S/C21H27F3N2O6/c1-2-7-31-14-3-4-15(17(12-14)21(22,23)24)18-13-19(32-26-18)16(20(25)28)5-8-29-10-11-30-9-6-27/h3-4,12-13,16,27H,2,5-11H2,1H3,(H2,25,28). The van der Waals surface area contributed by atoms with E-state index in [0.717, 1.165) is 6.07 Å². The van der Waals surface area contributed by atoms with Gasteiger partial charge in [0.15, 0.2) is 0 Å². The van der Waals surface area contributed by atoms with E-state index in [4.69, 9.17) is 29.6 Å². The first kappa shape index (κ1) is 25.6. The summed E-state index contributed by atoms with van der Waals surface area (Å²) in [7, 11) is 0. The molecule has 0 saturated carbocycles. The van der Waals surface area contributed by atoms with Crippen molar-refractivity contribution in [2.24, 2.45) is 5.73 Å². The molecule has 0 aliphatic carbocycles. The van der Waals surface area contributed by atoms with E-state index in [0.29, 0.717) is 13.0 Å². The van der Waals surface area contributed by atoms with Gasteiger partial charge in [0.25, 0.3) is 0 Å². The summed E-state index contributed by atoms with van der Waals surface area (Å²) in [5, 5.41) is 12.3. The molecule has 8 nitrogen and oxygen atoms in total. The fourth-order valence-electron chi connectivity index (χ4n) is 2.88. The number of rotatable bonds is 14. The lowest BCUT2D eigenvalue weighted by atomic mass is 9.99. The van der Waals surface area contributed by atoms with Crippen LogP contribution in [0.15, 0.2) is 28.8 Å². The number of aromatic nitrogens is 1. The summed E-state index contributed by atoms with van der Waals surface area (Å²) in [4.78, 5) is 11.9. The lowest BCUT2D eigenvalue weighted by Crippen LogP contribution is -2.22. The number of halogens is 3. The zero-order valence-corrected chi connectivity index (χ0v) is 17.7. The minimum absolute atomic E-state index is 0.0482. The van der Waals surface area contributed by atoms with Crippen LogP contribution in [-0.4, -0.2) is 55.8 Å². The highest BCUT2D eigenvalue weighted by Crippen LogP contribution is 2.39. The van der Waals surface area contributed by atoms with Gasteiger partial charge in [0.05, 0.1) is 38.6 Å². The summed E-state index contributed by atoms with van der Waals surface area (Å²) >= 11 is 0. The second-order valence-electron chi connectivity index (χ2n) is 6.86. The summed E-state index contributed by atoms with van der Waals surface area (Å²) in [5.41, 5.74) is 4.24. The summed E-state index contributed by atoms with van der Waals surface area (Å²) in [6.45, 7) is 2.90.